The summed E-state index contributed by atoms with van der Waals surface area (Å²) in [7, 11) is 0. The van der Waals surface area contributed by atoms with Crippen molar-refractivity contribution in [2.75, 3.05) is 25.7 Å². The molecule has 0 fully saturated rings. The Balaban J connectivity index is 2.43. The van der Waals surface area contributed by atoms with Crippen LogP contribution in [0.4, 0.5) is 4.39 Å². The number of rotatable bonds is 8. The molecule has 0 unspecified atom stereocenters. The molecule has 110 valence electrons. The predicted molar refractivity (Wildman–Crippen MR) is 79.8 cm³/mol. The highest BCUT2D eigenvalue weighted by molar-refractivity contribution is 6.18. The maximum absolute atomic E-state index is 13.4. The van der Waals surface area contributed by atoms with Gasteiger partial charge in [0.1, 0.15) is 18.2 Å². The van der Waals surface area contributed by atoms with Crippen LogP contribution in [0.2, 0.25) is 0 Å². The van der Waals surface area contributed by atoms with E-state index in [1.807, 2.05) is 0 Å². The Labute approximate surface area is 125 Å². The fraction of sp³-hybridized carbons (Fsp3) is 0.500. The number of halogens is 2. The van der Waals surface area contributed by atoms with Crippen LogP contribution in [0.25, 0.3) is 0 Å². The number of ether oxygens (including phenoxy) is 2. The fourth-order valence-electron chi connectivity index (χ4n) is 1.50. The monoisotopic (exact) mass is 298 g/mol. The zero-order valence-corrected chi connectivity index (χ0v) is 12.5. The minimum Gasteiger partial charge on any atom is -0.491 e. The largest absolute Gasteiger partial charge is 0.491 e. The van der Waals surface area contributed by atoms with Crippen molar-refractivity contribution in [3.8, 4) is 17.6 Å². The Morgan fingerprint density at radius 3 is 2.80 bits per heavy atom. The van der Waals surface area contributed by atoms with Gasteiger partial charge in [0.05, 0.1) is 6.61 Å². The van der Waals surface area contributed by atoms with E-state index < -0.39 is 0 Å². The molecular weight excluding hydrogens is 279 g/mol. The van der Waals surface area contributed by atoms with Crippen molar-refractivity contribution >= 4 is 11.6 Å². The number of unbranched alkanes of at least 4 members (excludes halogenated alkanes) is 1. The summed E-state index contributed by atoms with van der Waals surface area (Å²) in [5.74, 6) is 6.31. The first-order chi connectivity index (χ1) is 9.76. The topological polar surface area (TPSA) is 18.5 Å². The van der Waals surface area contributed by atoms with Gasteiger partial charge in [-0.05, 0) is 18.6 Å². The van der Waals surface area contributed by atoms with Crippen molar-refractivity contribution in [2.45, 2.75) is 26.2 Å². The van der Waals surface area contributed by atoms with E-state index in [0.29, 0.717) is 36.8 Å². The quantitative estimate of drug-likeness (QED) is 0.410. The van der Waals surface area contributed by atoms with E-state index >= 15 is 0 Å². The van der Waals surface area contributed by atoms with Gasteiger partial charge in [-0.1, -0.05) is 25.2 Å². The lowest BCUT2D eigenvalue weighted by Gasteiger charge is -2.07. The van der Waals surface area contributed by atoms with Crippen LogP contribution >= 0.6 is 11.6 Å². The lowest BCUT2D eigenvalue weighted by Crippen LogP contribution is -2.07. The molecule has 0 aliphatic rings. The third kappa shape index (κ3) is 7.37. The summed E-state index contributed by atoms with van der Waals surface area (Å²) >= 11 is 5.54. The minimum absolute atomic E-state index is 0.357. The highest BCUT2D eigenvalue weighted by Gasteiger charge is 2.00. The number of hydrogen-bond donors (Lipinski definition) is 0. The molecule has 0 aromatic heterocycles. The van der Waals surface area contributed by atoms with E-state index in [2.05, 4.69) is 18.8 Å². The molecule has 0 radical (unpaired) electrons. The standard InChI is InChI=1S/C16H20ClFO2/c1-2-3-8-19-9-10-20-16-12-14(6-4-5-7-17)11-15(18)13-16/h11-13H,2-3,5,7-10H2,1H3. The van der Waals surface area contributed by atoms with Gasteiger partial charge in [-0.25, -0.2) is 4.39 Å². The molecule has 4 heteroatoms. The Bertz CT molecular complexity index is 452. The Morgan fingerprint density at radius 1 is 1.20 bits per heavy atom. The summed E-state index contributed by atoms with van der Waals surface area (Å²) in [5.41, 5.74) is 0.594. The highest BCUT2D eigenvalue weighted by Crippen LogP contribution is 2.15. The van der Waals surface area contributed by atoms with Gasteiger partial charge >= 0.3 is 0 Å². The maximum Gasteiger partial charge on any atom is 0.128 e. The maximum atomic E-state index is 13.4. The van der Waals surface area contributed by atoms with Crippen LogP contribution in [-0.2, 0) is 4.74 Å². The van der Waals surface area contributed by atoms with E-state index in [1.54, 1.807) is 6.07 Å². The summed E-state index contributed by atoms with van der Waals surface area (Å²) in [6.45, 7) is 3.75. The number of alkyl halides is 1. The average Bonchev–Trinajstić information content (AvgIpc) is 2.42. The first-order valence-electron chi connectivity index (χ1n) is 6.82. The highest BCUT2D eigenvalue weighted by atomic mass is 35.5. The SMILES string of the molecule is CCCCOCCOc1cc(F)cc(C#CCCCl)c1. The van der Waals surface area contributed by atoms with Crippen molar-refractivity contribution in [1.29, 1.82) is 0 Å². The fourth-order valence-corrected chi connectivity index (χ4v) is 1.59. The molecule has 0 aliphatic carbocycles. The normalized spacial score (nSPS) is 9.95. The molecule has 0 saturated heterocycles. The second kappa shape index (κ2) is 10.5. The van der Waals surface area contributed by atoms with Gasteiger partial charge in [0, 0.05) is 30.5 Å². The van der Waals surface area contributed by atoms with Gasteiger partial charge in [-0.3, -0.25) is 0 Å². The summed E-state index contributed by atoms with van der Waals surface area (Å²) < 4.78 is 24.2. The molecule has 0 saturated carbocycles. The number of benzene rings is 1. The average molecular weight is 299 g/mol. The molecule has 0 heterocycles. The molecule has 0 aliphatic heterocycles. The summed E-state index contributed by atoms with van der Waals surface area (Å²) in [4.78, 5) is 0. The molecule has 1 rings (SSSR count). The van der Waals surface area contributed by atoms with Gasteiger partial charge in [0.25, 0.3) is 0 Å². The van der Waals surface area contributed by atoms with Gasteiger partial charge in [0.15, 0.2) is 0 Å². The van der Waals surface area contributed by atoms with Crippen LogP contribution in [0.3, 0.4) is 0 Å². The lowest BCUT2D eigenvalue weighted by atomic mass is 10.2. The van der Waals surface area contributed by atoms with Crippen LogP contribution in [0.1, 0.15) is 31.7 Å². The van der Waals surface area contributed by atoms with E-state index in [4.69, 9.17) is 21.1 Å². The van der Waals surface area contributed by atoms with Crippen LogP contribution in [0.15, 0.2) is 18.2 Å². The van der Waals surface area contributed by atoms with Gasteiger partial charge in [-0.2, -0.15) is 0 Å². The van der Waals surface area contributed by atoms with E-state index in [0.717, 1.165) is 19.4 Å². The molecular formula is C16H20ClFO2. The predicted octanol–water partition coefficient (Wildman–Crippen LogP) is 4.00. The van der Waals surface area contributed by atoms with Crippen LogP contribution in [0.5, 0.6) is 5.75 Å². The van der Waals surface area contributed by atoms with Gasteiger partial charge in [-0.15, -0.1) is 11.6 Å². The minimum atomic E-state index is -0.357. The van der Waals surface area contributed by atoms with E-state index in [1.165, 1.54) is 12.1 Å². The summed E-state index contributed by atoms with van der Waals surface area (Å²) in [5, 5.41) is 0. The summed E-state index contributed by atoms with van der Waals surface area (Å²) in [6.07, 6.45) is 2.73. The number of hydrogen-bond acceptors (Lipinski definition) is 2. The molecule has 0 atom stereocenters. The van der Waals surface area contributed by atoms with Crippen molar-refractivity contribution in [3.63, 3.8) is 0 Å². The first-order valence-corrected chi connectivity index (χ1v) is 7.35. The molecule has 0 bridgehead atoms. The molecule has 2 nitrogen and oxygen atoms in total. The molecule has 1 aromatic rings. The van der Waals surface area contributed by atoms with Crippen LogP contribution in [0, 0.1) is 17.7 Å². The van der Waals surface area contributed by atoms with E-state index in [9.17, 15) is 4.39 Å². The lowest BCUT2D eigenvalue weighted by molar-refractivity contribution is 0.0979. The summed E-state index contributed by atoms with van der Waals surface area (Å²) in [6, 6.07) is 4.45. The zero-order valence-electron chi connectivity index (χ0n) is 11.8. The van der Waals surface area contributed by atoms with Crippen molar-refractivity contribution in [1.82, 2.24) is 0 Å². The first kappa shape index (κ1) is 16.8. The van der Waals surface area contributed by atoms with Crippen molar-refractivity contribution in [3.05, 3.63) is 29.6 Å². The molecule has 20 heavy (non-hydrogen) atoms. The van der Waals surface area contributed by atoms with Crippen LogP contribution in [-0.4, -0.2) is 25.7 Å². The molecule has 0 N–H and O–H groups in total. The van der Waals surface area contributed by atoms with Crippen molar-refractivity contribution in [2.24, 2.45) is 0 Å². The van der Waals surface area contributed by atoms with Crippen molar-refractivity contribution < 1.29 is 13.9 Å². The van der Waals surface area contributed by atoms with Crippen LogP contribution < -0.4 is 4.74 Å². The molecule has 0 spiro atoms. The van der Waals surface area contributed by atoms with Gasteiger partial charge in [0.2, 0.25) is 0 Å². The Hall–Kier alpha value is -1.24. The van der Waals surface area contributed by atoms with E-state index in [-0.39, 0.29) is 5.82 Å². The third-order valence-corrected chi connectivity index (χ3v) is 2.65. The third-order valence-electron chi connectivity index (χ3n) is 2.46. The Morgan fingerprint density at radius 2 is 2.05 bits per heavy atom. The molecule has 0 amide bonds. The Kier molecular flexibility index (Phi) is 8.86. The second-order valence-electron chi connectivity index (χ2n) is 4.23. The van der Waals surface area contributed by atoms with Gasteiger partial charge < -0.3 is 9.47 Å². The smallest absolute Gasteiger partial charge is 0.128 e. The molecule has 1 aromatic carbocycles. The second-order valence-corrected chi connectivity index (χ2v) is 4.61. The zero-order chi connectivity index (χ0) is 14.6.